The summed E-state index contributed by atoms with van der Waals surface area (Å²) in [6.45, 7) is 0. The fraction of sp³-hybridized carbons (Fsp3) is 0.462. The Hall–Kier alpha value is -2.07. The van der Waals surface area contributed by atoms with E-state index in [1.807, 2.05) is 0 Å². The third kappa shape index (κ3) is 2.92. The lowest BCUT2D eigenvalue weighted by atomic mass is 9.87. The van der Waals surface area contributed by atoms with E-state index in [0.29, 0.717) is 0 Å². The predicted molar refractivity (Wildman–Crippen MR) is 69.3 cm³/mol. The van der Waals surface area contributed by atoms with Crippen LogP contribution < -0.4 is 0 Å². The number of hydrogen-bond donors (Lipinski definition) is 7. The smallest absolute Gasteiger partial charge is 0.338 e. The Balaban J connectivity index is 2.18. The number of phenols is 3. The monoisotopic (exact) mass is 316 g/mol. The van der Waals surface area contributed by atoms with E-state index in [9.17, 15) is 40.5 Å². The molecule has 1 aliphatic carbocycles. The van der Waals surface area contributed by atoms with Gasteiger partial charge in [0.25, 0.3) is 0 Å². The summed E-state index contributed by atoms with van der Waals surface area (Å²) in [5.41, 5.74) is -0.340. The third-order valence-corrected chi connectivity index (χ3v) is 3.49. The van der Waals surface area contributed by atoms with E-state index in [1.54, 1.807) is 0 Å². The second-order valence-electron chi connectivity index (χ2n) is 5.08. The van der Waals surface area contributed by atoms with Gasteiger partial charge in [-0.05, 0) is 12.1 Å². The summed E-state index contributed by atoms with van der Waals surface area (Å²) in [5.74, 6) is -3.44. The zero-order valence-corrected chi connectivity index (χ0v) is 11.2. The lowest BCUT2D eigenvalue weighted by molar-refractivity contribution is -0.177. The maximum atomic E-state index is 11.9. The van der Waals surface area contributed by atoms with Gasteiger partial charge in [-0.15, -0.1) is 0 Å². The summed E-state index contributed by atoms with van der Waals surface area (Å²) in [4.78, 5) is 11.9. The summed E-state index contributed by atoms with van der Waals surface area (Å²) >= 11 is 0. The van der Waals surface area contributed by atoms with E-state index in [-0.39, 0.29) is 12.0 Å². The zero-order valence-electron chi connectivity index (χ0n) is 11.2. The maximum Gasteiger partial charge on any atom is 0.338 e. The molecule has 0 saturated heterocycles. The van der Waals surface area contributed by atoms with Crippen molar-refractivity contribution in [2.75, 3.05) is 0 Å². The molecule has 0 radical (unpaired) electrons. The number of ether oxygens (including phenoxy) is 1. The quantitative estimate of drug-likeness (QED) is 0.245. The molecule has 1 aromatic carbocycles. The molecule has 2 rings (SSSR count). The van der Waals surface area contributed by atoms with E-state index in [2.05, 4.69) is 0 Å². The molecular weight excluding hydrogens is 300 g/mol. The highest BCUT2D eigenvalue weighted by atomic mass is 16.6. The standard InChI is InChI=1S/C13H16O9/c14-5-1-4(2-6(15)9(5)18)13(21)22-12-8(17)3-7(16)10(19)11(12)20/h1-2,7-8,10-12,14-20H,3H2/t7-,8-,10-,11+,12+/m0/s1. The SMILES string of the molecule is O=C(O[C@H]1[C@H](O)[C@@H](O)[C@@H](O)C[C@@H]1O)c1cc(O)c(O)c(O)c1. The minimum Gasteiger partial charge on any atom is -0.504 e. The first-order valence-electron chi connectivity index (χ1n) is 6.40. The molecule has 1 aromatic rings. The average Bonchev–Trinajstić information content (AvgIpc) is 2.46. The Morgan fingerprint density at radius 1 is 0.955 bits per heavy atom. The molecule has 0 aromatic heterocycles. The number of benzene rings is 1. The number of hydrogen-bond acceptors (Lipinski definition) is 9. The Labute approximate surface area is 124 Å². The molecule has 9 nitrogen and oxygen atoms in total. The van der Waals surface area contributed by atoms with Crippen molar-refractivity contribution >= 4 is 5.97 Å². The lowest BCUT2D eigenvalue weighted by Crippen LogP contribution is -2.57. The molecule has 0 heterocycles. The van der Waals surface area contributed by atoms with E-state index >= 15 is 0 Å². The summed E-state index contributed by atoms with van der Waals surface area (Å²) in [5, 5.41) is 66.2. The first kappa shape index (κ1) is 16.3. The number of carbonyl (C=O) groups is 1. The van der Waals surface area contributed by atoms with Gasteiger partial charge in [-0.3, -0.25) is 0 Å². The molecule has 0 unspecified atom stereocenters. The molecule has 0 bridgehead atoms. The Bertz CT molecular complexity index is 550. The normalized spacial score (nSPS) is 31.7. The fourth-order valence-electron chi connectivity index (χ4n) is 2.23. The first-order valence-corrected chi connectivity index (χ1v) is 6.40. The second kappa shape index (κ2) is 5.97. The highest BCUT2D eigenvalue weighted by molar-refractivity contribution is 5.91. The molecule has 1 saturated carbocycles. The van der Waals surface area contributed by atoms with Gasteiger partial charge in [0.05, 0.1) is 17.8 Å². The van der Waals surface area contributed by atoms with Gasteiger partial charge in [-0.1, -0.05) is 0 Å². The van der Waals surface area contributed by atoms with Crippen LogP contribution in [-0.2, 0) is 4.74 Å². The van der Waals surface area contributed by atoms with Crippen molar-refractivity contribution in [1.82, 2.24) is 0 Å². The molecule has 22 heavy (non-hydrogen) atoms. The number of aromatic hydroxyl groups is 3. The third-order valence-electron chi connectivity index (χ3n) is 3.49. The molecule has 0 aliphatic heterocycles. The van der Waals surface area contributed by atoms with Crippen molar-refractivity contribution in [3.05, 3.63) is 17.7 Å². The highest BCUT2D eigenvalue weighted by Gasteiger charge is 2.44. The Morgan fingerprint density at radius 3 is 2.05 bits per heavy atom. The molecule has 1 fully saturated rings. The van der Waals surface area contributed by atoms with Gasteiger partial charge >= 0.3 is 5.97 Å². The number of aliphatic hydroxyl groups excluding tert-OH is 4. The van der Waals surface area contributed by atoms with Crippen LogP contribution in [0.3, 0.4) is 0 Å². The second-order valence-corrected chi connectivity index (χ2v) is 5.08. The molecule has 7 N–H and O–H groups in total. The number of rotatable bonds is 2. The van der Waals surface area contributed by atoms with Crippen LogP contribution in [0.15, 0.2) is 12.1 Å². The number of phenolic OH excluding ortho intramolecular Hbond substituents is 3. The van der Waals surface area contributed by atoms with Crippen molar-refractivity contribution in [1.29, 1.82) is 0 Å². The minimum absolute atomic E-state index is 0.303. The fourth-order valence-corrected chi connectivity index (χ4v) is 2.23. The van der Waals surface area contributed by atoms with Crippen LogP contribution in [0.25, 0.3) is 0 Å². The Kier molecular flexibility index (Phi) is 4.42. The van der Waals surface area contributed by atoms with Crippen LogP contribution >= 0.6 is 0 Å². The van der Waals surface area contributed by atoms with Crippen molar-refractivity contribution in [3.63, 3.8) is 0 Å². The number of carbonyl (C=O) groups excluding carboxylic acids is 1. The summed E-state index contributed by atoms with van der Waals surface area (Å²) in [6, 6.07) is 1.65. The first-order chi connectivity index (χ1) is 10.2. The number of esters is 1. The topological polar surface area (TPSA) is 168 Å². The van der Waals surface area contributed by atoms with Gasteiger partial charge in [0.15, 0.2) is 23.4 Å². The van der Waals surface area contributed by atoms with Crippen LogP contribution in [0.1, 0.15) is 16.8 Å². The van der Waals surface area contributed by atoms with Crippen molar-refractivity contribution < 1.29 is 45.3 Å². The van der Waals surface area contributed by atoms with Gasteiger partial charge in [0.2, 0.25) is 0 Å². The van der Waals surface area contributed by atoms with Crippen LogP contribution in [0.2, 0.25) is 0 Å². The minimum atomic E-state index is -1.71. The van der Waals surface area contributed by atoms with E-state index < -0.39 is 53.7 Å². The van der Waals surface area contributed by atoms with Gasteiger partial charge < -0.3 is 40.5 Å². The van der Waals surface area contributed by atoms with Crippen LogP contribution in [0.4, 0.5) is 0 Å². The summed E-state index contributed by atoms with van der Waals surface area (Å²) < 4.78 is 4.86. The van der Waals surface area contributed by atoms with Crippen LogP contribution in [-0.4, -0.2) is 72.2 Å². The van der Waals surface area contributed by atoms with Crippen molar-refractivity contribution in [2.24, 2.45) is 0 Å². The molecule has 0 amide bonds. The van der Waals surface area contributed by atoms with Crippen molar-refractivity contribution in [2.45, 2.75) is 36.9 Å². The van der Waals surface area contributed by atoms with Gasteiger partial charge in [0.1, 0.15) is 12.2 Å². The average molecular weight is 316 g/mol. The highest BCUT2D eigenvalue weighted by Crippen LogP contribution is 2.36. The zero-order chi connectivity index (χ0) is 16.6. The van der Waals surface area contributed by atoms with Crippen LogP contribution in [0.5, 0.6) is 17.2 Å². The summed E-state index contributed by atoms with van der Waals surface area (Å²) in [7, 11) is 0. The van der Waals surface area contributed by atoms with E-state index in [1.165, 1.54) is 0 Å². The number of aliphatic hydroxyl groups is 4. The van der Waals surface area contributed by atoms with Gasteiger partial charge in [-0.2, -0.15) is 0 Å². The van der Waals surface area contributed by atoms with Gasteiger partial charge in [0, 0.05) is 6.42 Å². The van der Waals surface area contributed by atoms with E-state index in [4.69, 9.17) is 4.74 Å². The summed E-state index contributed by atoms with van der Waals surface area (Å²) in [6.07, 6.45) is -7.87. The molecule has 9 heteroatoms. The largest absolute Gasteiger partial charge is 0.504 e. The Morgan fingerprint density at radius 2 is 1.50 bits per heavy atom. The molecular formula is C13H16O9. The molecule has 1 aliphatic rings. The maximum absolute atomic E-state index is 11.9. The van der Waals surface area contributed by atoms with Gasteiger partial charge in [-0.25, -0.2) is 4.79 Å². The molecule has 5 atom stereocenters. The lowest BCUT2D eigenvalue weighted by Gasteiger charge is -2.37. The van der Waals surface area contributed by atoms with E-state index in [0.717, 1.165) is 12.1 Å². The molecule has 0 spiro atoms. The molecule has 122 valence electrons. The van der Waals surface area contributed by atoms with Crippen molar-refractivity contribution in [3.8, 4) is 17.2 Å². The van der Waals surface area contributed by atoms with Crippen LogP contribution in [0, 0.1) is 0 Å². The predicted octanol–water partition coefficient (Wildman–Crippen LogP) is -1.82.